The second-order valence-electron chi connectivity index (χ2n) is 23.8. The van der Waals surface area contributed by atoms with E-state index in [-0.39, 0.29) is 33.9 Å². The van der Waals surface area contributed by atoms with Gasteiger partial charge in [-0.2, -0.15) is 0 Å². The smallest absolute Gasteiger partial charge is 0.333 e. The Morgan fingerprint density at radius 1 is 0.492 bits per heavy atom. The van der Waals surface area contributed by atoms with Crippen LogP contribution in [0.2, 0.25) is 0 Å². The molecule has 65 heavy (non-hydrogen) atoms. The molecule has 0 radical (unpaired) electrons. The Labute approximate surface area is 389 Å². The standard InChI is InChI=1S/C62H65BN2/c1-38-33-47-46-36-49-50(61(10,11)32-31-60(49,8)9)37-53(46)65(42-26-23-40(24-27-42)58(2,3)4)63-51-29-28-44-43-21-17-18-22-48(43)62(12,13)55(44)57(51)64(54(34-38)56(47)63)52-30-25-41(59(5,6)7)35-45(52)39-19-15-14-16-20-39/h14-30,33-37H,31-32H2,1-13H3. The lowest BCUT2D eigenvalue weighted by molar-refractivity contribution is 0.332. The summed E-state index contributed by atoms with van der Waals surface area (Å²) in [6.45, 7) is 31.0. The van der Waals surface area contributed by atoms with Crippen molar-refractivity contribution in [3.8, 4) is 33.4 Å². The molecule has 0 amide bonds. The van der Waals surface area contributed by atoms with Gasteiger partial charge in [-0.1, -0.05) is 174 Å². The fraction of sp³-hybridized carbons (Fsp3) is 0.323. The average molecular weight is 849 g/mol. The molecule has 0 spiro atoms. The first kappa shape index (κ1) is 41.9. The maximum atomic E-state index is 2.75. The summed E-state index contributed by atoms with van der Waals surface area (Å²) in [6, 6.07) is 52.4. The number of hydrogen-bond donors (Lipinski definition) is 0. The summed E-state index contributed by atoms with van der Waals surface area (Å²) in [6.07, 6.45) is 2.35. The molecular formula is C62H65BN2. The average Bonchev–Trinajstić information content (AvgIpc) is 3.50. The van der Waals surface area contributed by atoms with Crippen molar-refractivity contribution in [1.29, 1.82) is 0 Å². The van der Waals surface area contributed by atoms with Crippen molar-refractivity contribution in [1.82, 2.24) is 0 Å². The lowest BCUT2D eigenvalue weighted by Crippen LogP contribution is -2.62. The minimum Gasteiger partial charge on any atom is -0.376 e. The largest absolute Gasteiger partial charge is 0.376 e. The molecule has 0 unspecified atom stereocenters. The second-order valence-corrected chi connectivity index (χ2v) is 23.8. The molecule has 11 rings (SSSR count). The van der Waals surface area contributed by atoms with Crippen molar-refractivity contribution in [3.05, 3.63) is 172 Å². The van der Waals surface area contributed by atoms with E-state index in [9.17, 15) is 0 Å². The third kappa shape index (κ3) is 6.20. The molecule has 2 aliphatic carbocycles. The Hall–Kier alpha value is -5.80. The Balaban J connectivity index is 1.30. The number of anilines is 5. The molecule has 4 aliphatic rings. The van der Waals surface area contributed by atoms with Crippen LogP contribution in [-0.2, 0) is 27.1 Å². The zero-order chi connectivity index (χ0) is 45.7. The summed E-state index contributed by atoms with van der Waals surface area (Å²) in [5.41, 5.74) is 26.6. The van der Waals surface area contributed by atoms with E-state index in [0.29, 0.717) is 0 Å². The van der Waals surface area contributed by atoms with Crippen LogP contribution < -0.4 is 20.6 Å². The molecule has 2 heterocycles. The Morgan fingerprint density at radius 2 is 1.12 bits per heavy atom. The summed E-state index contributed by atoms with van der Waals surface area (Å²) < 4.78 is 0. The van der Waals surface area contributed by atoms with Gasteiger partial charge in [0.05, 0.1) is 5.69 Å². The van der Waals surface area contributed by atoms with Crippen LogP contribution in [0.1, 0.15) is 135 Å². The van der Waals surface area contributed by atoms with Crippen molar-refractivity contribution in [3.63, 3.8) is 0 Å². The quantitative estimate of drug-likeness (QED) is 0.163. The first-order valence-corrected chi connectivity index (χ1v) is 24.2. The van der Waals surface area contributed by atoms with Gasteiger partial charge in [0.15, 0.2) is 0 Å². The number of rotatable bonds is 3. The molecule has 0 atom stereocenters. The van der Waals surface area contributed by atoms with Crippen LogP contribution in [-0.4, -0.2) is 6.85 Å². The van der Waals surface area contributed by atoms with E-state index in [1.807, 2.05) is 0 Å². The topological polar surface area (TPSA) is 6.48 Å². The van der Waals surface area contributed by atoms with E-state index in [0.717, 1.165) is 0 Å². The molecule has 0 fully saturated rings. The van der Waals surface area contributed by atoms with Crippen LogP contribution >= 0.6 is 0 Å². The predicted octanol–water partition coefficient (Wildman–Crippen LogP) is 15.6. The third-order valence-electron chi connectivity index (χ3n) is 16.0. The van der Waals surface area contributed by atoms with Gasteiger partial charge in [0, 0.05) is 39.3 Å². The van der Waals surface area contributed by atoms with Gasteiger partial charge in [0.2, 0.25) is 0 Å². The monoisotopic (exact) mass is 849 g/mol. The van der Waals surface area contributed by atoms with Gasteiger partial charge in [-0.3, -0.25) is 0 Å². The lowest BCUT2D eigenvalue weighted by atomic mass is 9.42. The molecule has 3 heteroatoms. The van der Waals surface area contributed by atoms with Gasteiger partial charge in [-0.15, -0.1) is 0 Å². The molecule has 2 aliphatic heterocycles. The molecule has 7 aromatic carbocycles. The number of fused-ring (bicyclic) bond motifs is 9. The minimum absolute atomic E-state index is 0.0193. The van der Waals surface area contributed by atoms with Crippen LogP contribution in [0.4, 0.5) is 28.4 Å². The summed E-state index contributed by atoms with van der Waals surface area (Å²) in [5.74, 6) is 0. The Bertz CT molecular complexity index is 3100. The first-order chi connectivity index (χ1) is 30.7. The Kier molecular flexibility index (Phi) is 8.93. The molecule has 0 bridgehead atoms. The van der Waals surface area contributed by atoms with E-state index in [1.54, 1.807) is 0 Å². The maximum Gasteiger partial charge on any atom is 0.333 e. The molecule has 0 saturated carbocycles. The minimum atomic E-state index is -0.252. The molecule has 0 saturated heterocycles. The number of aryl methyl sites for hydroxylation is 1. The van der Waals surface area contributed by atoms with Crippen molar-refractivity contribution in [2.45, 2.75) is 130 Å². The third-order valence-corrected chi connectivity index (χ3v) is 16.0. The SMILES string of the molecule is Cc1cc2c3c(c1)N(c1ccc(C(C)(C)C)cc1-c1ccccc1)c1c(ccc4c1C(C)(C)c1ccccc1-4)B3N(c1ccc(C(C)(C)C)cc1)c1cc3c(cc1-2)C(C)(C)CCC3(C)C. The fourth-order valence-corrected chi connectivity index (χ4v) is 12.2. The van der Waals surface area contributed by atoms with Gasteiger partial charge in [0.1, 0.15) is 0 Å². The Morgan fingerprint density at radius 3 is 1.80 bits per heavy atom. The fourth-order valence-electron chi connectivity index (χ4n) is 12.2. The molecule has 0 N–H and O–H groups in total. The number of nitrogens with zero attached hydrogens (tertiary/aromatic N) is 2. The predicted molar refractivity (Wildman–Crippen MR) is 281 cm³/mol. The van der Waals surface area contributed by atoms with Gasteiger partial charge in [-0.25, -0.2) is 0 Å². The van der Waals surface area contributed by atoms with Crippen molar-refractivity contribution in [2.24, 2.45) is 0 Å². The first-order valence-electron chi connectivity index (χ1n) is 24.2. The summed E-state index contributed by atoms with van der Waals surface area (Å²) in [4.78, 5) is 5.47. The van der Waals surface area contributed by atoms with Crippen molar-refractivity contribution < 1.29 is 0 Å². The van der Waals surface area contributed by atoms with Crippen LogP contribution in [0.25, 0.3) is 33.4 Å². The molecule has 326 valence electrons. The summed E-state index contributed by atoms with van der Waals surface area (Å²) in [5, 5.41) is 0. The molecular weight excluding hydrogens is 784 g/mol. The summed E-state index contributed by atoms with van der Waals surface area (Å²) in [7, 11) is 0. The van der Waals surface area contributed by atoms with Gasteiger partial charge >= 0.3 is 6.85 Å². The lowest BCUT2D eigenvalue weighted by Gasteiger charge is -2.49. The van der Waals surface area contributed by atoms with E-state index >= 15 is 0 Å². The van der Waals surface area contributed by atoms with Crippen LogP contribution in [0.3, 0.4) is 0 Å². The van der Waals surface area contributed by atoms with Crippen LogP contribution in [0, 0.1) is 6.92 Å². The number of benzene rings is 7. The zero-order valence-corrected chi connectivity index (χ0v) is 41.1. The van der Waals surface area contributed by atoms with Gasteiger partial charge in [0.25, 0.3) is 0 Å². The second kappa shape index (κ2) is 13.9. The highest BCUT2D eigenvalue weighted by molar-refractivity contribution is 6.93. The maximum absolute atomic E-state index is 2.75. The van der Waals surface area contributed by atoms with Gasteiger partial charge in [-0.05, 0) is 156 Å². The highest BCUT2D eigenvalue weighted by Crippen LogP contribution is 2.58. The highest BCUT2D eigenvalue weighted by Gasteiger charge is 2.50. The molecule has 7 aromatic rings. The molecule has 2 nitrogen and oxygen atoms in total. The van der Waals surface area contributed by atoms with Crippen molar-refractivity contribution >= 4 is 46.2 Å². The van der Waals surface area contributed by atoms with E-state index in [2.05, 4.69) is 233 Å². The van der Waals surface area contributed by atoms with E-state index in [4.69, 9.17) is 0 Å². The zero-order valence-electron chi connectivity index (χ0n) is 41.1. The van der Waals surface area contributed by atoms with Gasteiger partial charge < -0.3 is 9.71 Å². The summed E-state index contributed by atoms with van der Waals surface area (Å²) >= 11 is 0. The highest BCUT2D eigenvalue weighted by atomic mass is 15.2. The van der Waals surface area contributed by atoms with E-state index in [1.165, 1.54) is 125 Å². The van der Waals surface area contributed by atoms with Crippen molar-refractivity contribution in [2.75, 3.05) is 9.71 Å². The number of hydrogen-bond acceptors (Lipinski definition) is 2. The normalized spacial score (nSPS) is 17.2. The van der Waals surface area contributed by atoms with Crippen LogP contribution in [0.5, 0.6) is 0 Å². The molecule has 0 aromatic heterocycles. The van der Waals surface area contributed by atoms with Crippen LogP contribution in [0.15, 0.2) is 133 Å². The van der Waals surface area contributed by atoms with E-state index < -0.39 is 0 Å².